The van der Waals surface area contributed by atoms with Crippen molar-refractivity contribution in [3.8, 4) is 0 Å². The van der Waals surface area contributed by atoms with Crippen LogP contribution in [0.4, 0.5) is 13.2 Å². The van der Waals surface area contributed by atoms with Crippen LogP contribution in [0.2, 0.25) is 0 Å². The molecule has 0 aliphatic carbocycles. The molecule has 2 amide bonds. The van der Waals surface area contributed by atoms with Crippen molar-refractivity contribution in [3.05, 3.63) is 0 Å². The third-order valence-electron chi connectivity index (χ3n) is 3.81. The number of rotatable bonds is 4. The molecule has 0 bridgehead atoms. The number of likely N-dealkylation sites (tertiary alicyclic amines) is 1. The highest BCUT2D eigenvalue weighted by Crippen LogP contribution is 2.24. The second-order valence-electron chi connectivity index (χ2n) is 5.79. The Hall–Kier alpha value is -1.78. The molecular formula is C14H18F3N3O4S. The molecule has 1 fully saturated rings. The number of amidine groups is 1. The van der Waals surface area contributed by atoms with E-state index in [1.165, 1.54) is 18.9 Å². The minimum atomic E-state index is -4.50. The molecule has 0 aromatic rings. The lowest BCUT2D eigenvalue weighted by molar-refractivity contribution is -0.166. The number of esters is 1. The average Bonchev–Trinajstić information content (AvgIpc) is 2.94. The molecule has 25 heavy (non-hydrogen) atoms. The van der Waals surface area contributed by atoms with E-state index in [2.05, 4.69) is 15.0 Å². The highest BCUT2D eigenvalue weighted by Gasteiger charge is 2.38. The Kier molecular flexibility index (Phi) is 6.31. The highest BCUT2D eigenvalue weighted by molar-refractivity contribution is 8.14. The van der Waals surface area contributed by atoms with Gasteiger partial charge in [0.25, 0.3) is 0 Å². The quantitative estimate of drug-likeness (QED) is 0.733. The van der Waals surface area contributed by atoms with Crippen molar-refractivity contribution in [1.82, 2.24) is 10.2 Å². The van der Waals surface area contributed by atoms with Crippen LogP contribution in [0, 0.1) is 5.92 Å². The zero-order valence-corrected chi connectivity index (χ0v) is 14.3. The van der Waals surface area contributed by atoms with E-state index in [1.54, 1.807) is 0 Å². The summed E-state index contributed by atoms with van der Waals surface area (Å²) in [5.74, 6) is -1.69. The predicted molar refractivity (Wildman–Crippen MR) is 83.8 cm³/mol. The summed E-state index contributed by atoms with van der Waals surface area (Å²) in [5, 5.41) is 2.90. The van der Waals surface area contributed by atoms with Crippen LogP contribution in [0.1, 0.15) is 19.3 Å². The number of halogens is 3. The van der Waals surface area contributed by atoms with Crippen molar-refractivity contribution in [1.29, 1.82) is 0 Å². The van der Waals surface area contributed by atoms with E-state index in [-0.39, 0.29) is 31.8 Å². The normalized spacial score (nSPS) is 24.1. The van der Waals surface area contributed by atoms with E-state index in [0.29, 0.717) is 15.8 Å². The molecule has 1 N–H and O–H groups in total. The first-order chi connectivity index (χ1) is 11.7. The topological polar surface area (TPSA) is 88.1 Å². The molecule has 11 heteroatoms. The summed E-state index contributed by atoms with van der Waals surface area (Å²) in [5.41, 5.74) is 0. The molecule has 0 saturated carbocycles. The van der Waals surface area contributed by atoms with Crippen molar-refractivity contribution in [3.63, 3.8) is 0 Å². The Labute approximate surface area is 146 Å². The van der Waals surface area contributed by atoms with E-state index in [1.807, 2.05) is 0 Å². The van der Waals surface area contributed by atoms with Crippen LogP contribution in [0.5, 0.6) is 0 Å². The summed E-state index contributed by atoms with van der Waals surface area (Å²) in [6.45, 7) is -1.62. The first-order valence-corrected chi connectivity index (χ1v) is 8.59. The van der Waals surface area contributed by atoms with Crippen molar-refractivity contribution in [2.75, 3.05) is 26.0 Å². The lowest BCUT2D eigenvalue weighted by atomic mass is 9.96. The molecular weight excluding hydrogens is 363 g/mol. The second-order valence-corrected chi connectivity index (χ2v) is 6.80. The van der Waals surface area contributed by atoms with Crippen molar-refractivity contribution in [2.45, 2.75) is 31.5 Å². The number of hydrogen-bond donors (Lipinski definition) is 1. The summed E-state index contributed by atoms with van der Waals surface area (Å²) >= 11 is 1.26. The molecule has 0 aromatic heterocycles. The lowest BCUT2D eigenvalue weighted by Gasteiger charge is -2.32. The van der Waals surface area contributed by atoms with E-state index in [0.717, 1.165) is 0 Å². The van der Waals surface area contributed by atoms with Crippen LogP contribution < -0.4 is 5.32 Å². The van der Waals surface area contributed by atoms with Gasteiger partial charge in [0.05, 0.1) is 25.5 Å². The number of amides is 2. The Bertz CT molecular complexity index is 582. The number of ether oxygens (including phenoxy) is 1. The predicted octanol–water partition coefficient (Wildman–Crippen LogP) is 0.938. The van der Waals surface area contributed by atoms with Gasteiger partial charge in [-0.15, -0.1) is 0 Å². The van der Waals surface area contributed by atoms with E-state index in [9.17, 15) is 27.6 Å². The van der Waals surface area contributed by atoms with Gasteiger partial charge in [0, 0.05) is 18.7 Å². The summed E-state index contributed by atoms with van der Waals surface area (Å²) in [6.07, 6.45) is -4.30. The molecule has 140 valence electrons. The molecule has 2 aliphatic heterocycles. The highest BCUT2D eigenvalue weighted by atomic mass is 32.2. The zero-order valence-electron chi connectivity index (χ0n) is 13.5. The molecule has 2 rings (SSSR count). The van der Waals surface area contributed by atoms with E-state index in [4.69, 9.17) is 0 Å². The fraction of sp³-hybridized carbons (Fsp3) is 0.714. The van der Waals surface area contributed by atoms with Crippen LogP contribution in [0.15, 0.2) is 4.99 Å². The number of alkyl halides is 3. The number of carbonyl (C=O) groups excluding carboxylic acids is 3. The Morgan fingerprint density at radius 3 is 2.80 bits per heavy atom. The first-order valence-electron chi connectivity index (χ1n) is 7.60. The maximum atomic E-state index is 12.5. The van der Waals surface area contributed by atoms with Crippen molar-refractivity contribution < 1.29 is 32.3 Å². The van der Waals surface area contributed by atoms with Crippen LogP contribution in [0.25, 0.3) is 0 Å². The molecule has 2 aliphatic rings. The molecule has 2 unspecified atom stereocenters. The largest absolute Gasteiger partial charge is 0.469 e. The SMILES string of the molecule is COC(=O)CC1CSC(NC(=O)C2CCC(=O)N(CC(F)(F)F)C2)=N1. The van der Waals surface area contributed by atoms with Gasteiger partial charge in [-0.1, -0.05) is 11.8 Å². The molecule has 0 spiro atoms. The molecule has 2 heterocycles. The van der Waals surface area contributed by atoms with Crippen LogP contribution in [0.3, 0.4) is 0 Å². The number of carbonyl (C=O) groups is 3. The number of piperidine rings is 1. The maximum absolute atomic E-state index is 12.5. The smallest absolute Gasteiger partial charge is 0.406 e. The molecule has 1 saturated heterocycles. The number of aliphatic imine (C=N–C) groups is 1. The summed E-state index contributed by atoms with van der Waals surface area (Å²) in [4.78, 5) is 39.9. The number of nitrogens with zero attached hydrogens (tertiary/aromatic N) is 2. The number of methoxy groups -OCH3 is 1. The van der Waals surface area contributed by atoms with Gasteiger partial charge in [-0.25, -0.2) is 0 Å². The Balaban J connectivity index is 1.89. The van der Waals surface area contributed by atoms with E-state index < -0.39 is 36.4 Å². The zero-order chi connectivity index (χ0) is 18.6. The van der Waals surface area contributed by atoms with Crippen molar-refractivity contribution >= 4 is 34.7 Å². The Morgan fingerprint density at radius 1 is 1.44 bits per heavy atom. The molecule has 2 atom stereocenters. The van der Waals surface area contributed by atoms with Gasteiger partial charge in [0.2, 0.25) is 11.8 Å². The number of nitrogens with one attached hydrogen (secondary N) is 1. The van der Waals surface area contributed by atoms with Gasteiger partial charge in [0.1, 0.15) is 6.54 Å². The van der Waals surface area contributed by atoms with Gasteiger partial charge >= 0.3 is 12.1 Å². The standard InChI is InChI=1S/C14H18F3N3O4S/c1-24-11(22)4-9-6-25-13(18-9)19-12(23)8-2-3-10(21)20(5-8)7-14(15,16)17/h8-9H,2-7H2,1H3,(H,18,19,23). The van der Waals surface area contributed by atoms with Crippen LogP contribution in [-0.2, 0) is 19.1 Å². The molecule has 7 nitrogen and oxygen atoms in total. The van der Waals surface area contributed by atoms with Gasteiger partial charge < -0.3 is 15.0 Å². The van der Waals surface area contributed by atoms with Gasteiger partial charge in [-0.2, -0.15) is 13.2 Å². The first kappa shape index (κ1) is 19.5. The third-order valence-corrected chi connectivity index (χ3v) is 4.85. The minimum absolute atomic E-state index is 0.0974. The second kappa shape index (κ2) is 8.07. The average molecular weight is 381 g/mol. The monoisotopic (exact) mass is 381 g/mol. The molecule has 0 radical (unpaired) electrons. The van der Waals surface area contributed by atoms with Crippen molar-refractivity contribution in [2.24, 2.45) is 10.9 Å². The summed E-state index contributed by atoms with van der Waals surface area (Å²) < 4.78 is 42.0. The molecule has 0 aromatic carbocycles. The maximum Gasteiger partial charge on any atom is 0.406 e. The number of hydrogen-bond acceptors (Lipinski definition) is 6. The number of thioether (sulfide) groups is 1. The third kappa shape index (κ3) is 5.91. The summed E-state index contributed by atoms with van der Waals surface area (Å²) in [6, 6.07) is -0.303. The van der Waals surface area contributed by atoms with Crippen LogP contribution in [-0.4, -0.2) is 66.0 Å². The fourth-order valence-electron chi connectivity index (χ4n) is 2.57. The van der Waals surface area contributed by atoms with Crippen LogP contribution >= 0.6 is 11.8 Å². The fourth-order valence-corrected chi connectivity index (χ4v) is 3.51. The minimum Gasteiger partial charge on any atom is -0.469 e. The Morgan fingerprint density at radius 2 is 2.16 bits per heavy atom. The van der Waals surface area contributed by atoms with Gasteiger partial charge in [0.15, 0.2) is 5.17 Å². The van der Waals surface area contributed by atoms with E-state index >= 15 is 0 Å². The van der Waals surface area contributed by atoms with Gasteiger partial charge in [-0.3, -0.25) is 19.4 Å². The lowest BCUT2D eigenvalue weighted by Crippen LogP contribution is -2.49. The van der Waals surface area contributed by atoms with Gasteiger partial charge in [-0.05, 0) is 6.42 Å². The summed E-state index contributed by atoms with van der Waals surface area (Å²) in [7, 11) is 1.27.